The van der Waals surface area contributed by atoms with Crippen LogP contribution < -0.4 is 14.2 Å². The van der Waals surface area contributed by atoms with Crippen molar-refractivity contribution in [2.75, 3.05) is 20.3 Å². The van der Waals surface area contributed by atoms with Crippen LogP contribution in [-0.2, 0) is 10.0 Å². The van der Waals surface area contributed by atoms with E-state index in [1.807, 2.05) is 18.2 Å². The highest BCUT2D eigenvalue weighted by atomic mass is 35.5. The summed E-state index contributed by atoms with van der Waals surface area (Å²) in [5.74, 6) is 0.919. The van der Waals surface area contributed by atoms with Crippen LogP contribution in [0.25, 0.3) is 0 Å². The zero-order valence-corrected chi connectivity index (χ0v) is 13.5. The van der Waals surface area contributed by atoms with Crippen molar-refractivity contribution < 1.29 is 17.9 Å². The second-order valence-corrected chi connectivity index (χ2v) is 6.53. The lowest BCUT2D eigenvalue weighted by Crippen LogP contribution is -2.28. The van der Waals surface area contributed by atoms with Crippen LogP contribution >= 0.6 is 11.6 Å². The summed E-state index contributed by atoms with van der Waals surface area (Å²) >= 11 is 5.85. The van der Waals surface area contributed by atoms with Crippen molar-refractivity contribution in [3.05, 3.63) is 53.6 Å². The SMILES string of the molecule is COc1ccc(Cl)cc1S(=O)(=O)NCCOc1ccccc1. The van der Waals surface area contributed by atoms with Gasteiger partial charge in [0.2, 0.25) is 10.0 Å². The first-order valence-electron chi connectivity index (χ1n) is 6.54. The summed E-state index contributed by atoms with van der Waals surface area (Å²) in [6.07, 6.45) is 0. The molecule has 2 rings (SSSR count). The molecule has 0 saturated heterocycles. The van der Waals surface area contributed by atoms with Crippen molar-refractivity contribution in [2.24, 2.45) is 0 Å². The lowest BCUT2D eigenvalue weighted by molar-refractivity contribution is 0.322. The number of methoxy groups -OCH3 is 1. The van der Waals surface area contributed by atoms with E-state index in [4.69, 9.17) is 21.1 Å². The van der Waals surface area contributed by atoms with Gasteiger partial charge in [0.05, 0.1) is 7.11 Å². The molecule has 0 radical (unpaired) electrons. The van der Waals surface area contributed by atoms with Gasteiger partial charge in [0.25, 0.3) is 0 Å². The number of benzene rings is 2. The molecule has 0 bridgehead atoms. The van der Waals surface area contributed by atoms with Crippen LogP contribution in [0.3, 0.4) is 0 Å². The minimum absolute atomic E-state index is 0.00205. The second kappa shape index (κ2) is 7.49. The number of halogens is 1. The average Bonchev–Trinajstić information content (AvgIpc) is 2.52. The Labute approximate surface area is 134 Å². The number of hydrogen-bond acceptors (Lipinski definition) is 4. The average molecular weight is 342 g/mol. The fourth-order valence-electron chi connectivity index (χ4n) is 1.80. The summed E-state index contributed by atoms with van der Waals surface area (Å²) in [6, 6.07) is 13.6. The summed E-state index contributed by atoms with van der Waals surface area (Å²) in [6.45, 7) is 0.346. The van der Waals surface area contributed by atoms with Crippen LogP contribution in [0.1, 0.15) is 0 Å². The van der Waals surface area contributed by atoms with Crippen molar-refractivity contribution in [3.8, 4) is 11.5 Å². The van der Waals surface area contributed by atoms with E-state index in [-0.39, 0.29) is 23.8 Å². The minimum Gasteiger partial charge on any atom is -0.495 e. The molecular formula is C15H16ClNO4S. The Morgan fingerprint density at radius 1 is 1.14 bits per heavy atom. The summed E-state index contributed by atoms with van der Waals surface area (Å²) in [7, 11) is -2.32. The zero-order valence-electron chi connectivity index (χ0n) is 12.0. The van der Waals surface area contributed by atoms with E-state index in [1.165, 1.54) is 19.2 Å². The number of ether oxygens (including phenoxy) is 2. The molecule has 0 spiro atoms. The molecule has 7 heteroatoms. The van der Waals surface area contributed by atoms with Gasteiger partial charge in [-0.25, -0.2) is 13.1 Å². The normalized spacial score (nSPS) is 11.2. The maximum absolute atomic E-state index is 12.3. The van der Waals surface area contributed by atoms with E-state index in [9.17, 15) is 8.42 Å². The molecule has 1 N–H and O–H groups in total. The Morgan fingerprint density at radius 2 is 1.86 bits per heavy atom. The van der Waals surface area contributed by atoms with Crippen molar-refractivity contribution in [1.82, 2.24) is 4.72 Å². The van der Waals surface area contributed by atoms with Gasteiger partial charge in [-0.15, -0.1) is 0 Å². The van der Waals surface area contributed by atoms with E-state index >= 15 is 0 Å². The third-order valence-electron chi connectivity index (χ3n) is 2.82. The molecule has 0 aliphatic rings. The lowest BCUT2D eigenvalue weighted by Gasteiger charge is -2.11. The smallest absolute Gasteiger partial charge is 0.244 e. The van der Waals surface area contributed by atoms with Gasteiger partial charge < -0.3 is 9.47 Å². The first kappa shape index (κ1) is 16.6. The maximum Gasteiger partial charge on any atom is 0.244 e. The highest BCUT2D eigenvalue weighted by Gasteiger charge is 2.19. The van der Waals surface area contributed by atoms with E-state index in [0.29, 0.717) is 10.8 Å². The van der Waals surface area contributed by atoms with Gasteiger partial charge in [-0.1, -0.05) is 29.8 Å². The predicted octanol–water partition coefficient (Wildman–Crippen LogP) is 2.71. The topological polar surface area (TPSA) is 64.6 Å². The van der Waals surface area contributed by atoms with Gasteiger partial charge in [0, 0.05) is 11.6 Å². The Kier molecular flexibility index (Phi) is 5.65. The monoisotopic (exact) mass is 341 g/mol. The molecule has 0 amide bonds. The molecule has 5 nitrogen and oxygen atoms in total. The van der Waals surface area contributed by atoms with Crippen LogP contribution in [0.2, 0.25) is 5.02 Å². The van der Waals surface area contributed by atoms with Crippen molar-refractivity contribution >= 4 is 21.6 Å². The zero-order chi connectivity index (χ0) is 16.0. The highest BCUT2D eigenvalue weighted by Crippen LogP contribution is 2.26. The number of para-hydroxylation sites is 1. The number of hydrogen-bond donors (Lipinski definition) is 1. The first-order chi connectivity index (χ1) is 10.5. The molecule has 0 heterocycles. The Hall–Kier alpha value is -1.76. The molecule has 0 fully saturated rings. The number of sulfonamides is 1. The summed E-state index contributed by atoms with van der Waals surface area (Å²) < 4.78 is 37.5. The van der Waals surface area contributed by atoms with E-state index in [2.05, 4.69) is 4.72 Å². The summed E-state index contributed by atoms with van der Waals surface area (Å²) in [5.41, 5.74) is 0. The standard InChI is InChI=1S/C15H16ClNO4S/c1-20-14-8-7-12(16)11-15(14)22(18,19)17-9-10-21-13-5-3-2-4-6-13/h2-8,11,17H,9-10H2,1H3. The maximum atomic E-state index is 12.3. The largest absolute Gasteiger partial charge is 0.495 e. The predicted molar refractivity (Wildman–Crippen MR) is 85.1 cm³/mol. The van der Waals surface area contributed by atoms with Crippen molar-refractivity contribution in [2.45, 2.75) is 4.90 Å². The summed E-state index contributed by atoms with van der Waals surface area (Å²) in [4.78, 5) is 0.00205. The van der Waals surface area contributed by atoms with Gasteiger partial charge in [-0.3, -0.25) is 0 Å². The molecular weight excluding hydrogens is 326 g/mol. The van der Waals surface area contributed by atoms with Crippen molar-refractivity contribution in [1.29, 1.82) is 0 Å². The Morgan fingerprint density at radius 3 is 2.55 bits per heavy atom. The molecule has 2 aromatic rings. The fourth-order valence-corrected chi connectivity index (χ4v) is 3.24. The van der Waals surface area contributed by atoms with Crippen molar-refractivity contribution in [3.63, 3.8) is 0 Å². The first-order valence-corrected chi connectivity index (χ1v) is 8.40. The van der Waals surface area contributed by atoms with Gasteiger partial charge in [-0.05, 0) is 30.3 Å². The van der Waals surface area contributed by atoms with Crippen LogP contribution in [0.15, 0.2) is 53.4 Å². The quantitative estimate of drug-likeness (QED) is 0.786. The highest BCUT2D eigenvalue weighted by molar-refractivity contribution is 7.89. The lowest BCUT2D eigenvalue weighted by atomic mass is 10.3. The number of rotatable bonds is 7. The van der Waals surface area contributed by atoms with Gasteiger partial charge in [-0.2, -0.15) is 0 Å². The third-order valence-corrected chi connectivity index (χ3v) is 4.54. The van der Waals surface area contributed by atoms with Crippen LogP contribution in [0.5, 0.6) is 11.5 Å². The fraction of sp³-hybridized carbons (Fsp3) is 0.200. The summed E-state index contributed by atoms with van der Waals surface area (Å²) in [5, 5.41) is 0.321. The second-order valence-electron chi connectivity index (χ2n) is 4.35. The molecule has 0 aliphatic heterocycles. The van der Waals surface area contributed by atoms with Crippen LogP contribution in [0, 0.1) is 0 Å². The Balaban J connectivity index is 1.98. The molecule has 22 heavy (non-hydrogen) atoms. The van der Waals surface area contributed by atoms with Gasteiger partial charge in [0.1, 0.15) is 23.0 Å². The molecule has 2 aromatic carbocycles. The molecule has 0 aromatic heterocycles. The van der Waals surface area contributed by atoms with Crippen LogP contribution in [0.4, 0.5) is 0 Å². The minimum atomic E-state index is -3.72. The van der Waals surface area contributed by atoms with Gasteiger partial charge >= 0.3 is 0 Å². The number of nitrogens with one attached hydrogen (secondary N) is 1. The van der Waals surface area contributed by atoms with Crippen LogP contribution in [-0.4, -0.2) is 28.7 Å². The molecule has 118 valence electrons. The molecule has 0 atom stereocenters. The van der Waals surface area contributed by atoms with E-state index in [1.54, 1.807) is 18.2 Å². The third kappa shape index (κ3) is 4.37. The van der Waals surface area contributed by atoms with E-state index in [0.717, 1.165) is 0 Å². The van der Waals surface area contributed by atoms with Gasteiger partial charge in [0.15, 0.2) is 0 Å². The van der Waals surface area contributed by atoms with E-state index < -0.39 is 10.0 Å². The molecule has 0 aliphatic carbocycles. The molecule has 0 unspecified atom stereocenters. The molecule has 0 saturated carbocycles. The Bertz CT molecular complexity index is 720.